The second-order valence-corrected chi connectivity index (χ2v) is 20.1. The van der Waals surface area contributed by atoms with Gasteiger partial charge in [0.05, 0.1) is 37.6 Å². The quantitative estimate of drug-likeness (QED) is 0.104. The Morgan fingerprint density at radius 2 is 1.32 bits per heavy atom. The summed E-state index contributed by atoms with van der Waals surface area (Å²) in [5.74, 6) is 1.34. The topological polar surface area (TPSA) is 239 Å². The van der Waals surface area contributed by atoms with Gasteiger partial charge >= 0.3 is 0 Å². The van der Waals surface area contributed by atoms with Gasteiger partial charge in [0, 0.05) is 0 Å². The van der Waals surface area contributed by atoms with Crippen molar-refractivity contribution in [3.05, 3.63) is 11.6 Å². The largest absolute Gasteiger partial charge is 0.394 e. The van der Waals surface area contributed by atoms with Gasteiger partial charge in [-0.1, -0.05) is 40.7 Å². The molecule has 0 spiro atoms. The second kappa shape index (κ2) is 16.2. The Kier molecular flexibility index (Phi) is 13.0. The van der Waals surface area contributed by atoms with E-state index in [0.717, 1.165) is 50.5 Å². The number of hydrogen-bond acceptors (Lipinski definition) is 14. The Bertz CT molecular complexity index is 1390. The average molecular weight is 801 g/mol. The maximum absolute atomic E-state index is 11.3. The molecule has 324 valence electrons. The van der Waals surface area contributed by atoms with Gasteiger partial charge in [-0.3, -0.25) is 0 Å². The second-order valence-electron chi connectivity index (χ2n) is 20.1. The normalized spacial score (nSPS) is 50.2. The molecule has 2 aliphatic heterocycles. The molecule has 0 amide bonds. The molecule has 0 aromatic rings. The summed E-state index contributed by atoms with van der Waals surface area (Å²) in [4.78, 5) is 0. The molecular formula is C42H72O14. The first-order valence-electron chi connectivity index (χ1n) is 21.0. The van der Waals surface area contributed by atoms with Gasteiger partial charge in [-0.15, -0.1) is 0 Å². The number of aliphatic hydroxyl groups excluding tert-OH is 9. The highest BCUT2D eigenvalue weighted by Crippen LogP contribution is 2.75. The Hall–Kier alpha value is -0.820. The Labute approximate surface area is 331 Å². The predicted molar refractivity (Wildman–Crippen MR) is 202 cm³/mol. The molecule has 2 heterocycles. The molecular weight excluding hydrogens is 728 g/mol. The first kappa shape index (κ1) is 44.7. The fourth-order valence-electron chi connectivity index (χ4n) is 13.1. The molecule has 56 heavy (non-hydrogen) atoms. The van der Waals surface area contributed by atoms with E-state index in [-0.39, 0.29) is 46.2 Å². The fourth-order valence-corrected chi connectivity index (χ4v) is 13.1. The van der Waals surface area contributed by atoms with Gasteiger partial charge in [0.1, 0.15) is 48.8 Å². The summed E-state index contributed by atoms with van der Waals surface area (Å²) in [5.41, 5.74) is -0.544. The van der Waals surface area contributed by atoms with E-state index in [0.29, 0.717) is 24.7 Å². The van der Waals surface area contributed by atoms with E-state index in [9.17, 15) is 51.1 Å². The van der Waals surface area contributed by atoms with Crippen molar-refractivity contribution in [2.45, 2.75) is 185 Å². The molecule has 0 bridgehead atoms. The van der Waals surface area contributed by atoms with E-state index >= 15 is 0 Å². The number of ether oxygens (including phenoxy) is 4. The summed E-state index contributed by atoms with van der Waals surface area (Å²) in [6.45, 7) is 13.7. The third kappa shape index (κ3) is 7.37. The summed E-state index contributed by atoms with van der Waals surface area (Å²) in [5, 5.41) is 105. The van der Waals surface area contributed by atoms with E-state index in [1.54, 1.807) is 13.8 Å². The number of hydrogen-bond donors (Lipinski definition) is 10. The molecule has 4 aliphatic carbocycles. The van der Waals surface area contributed by atoms with Crippen molar-refractivity contribution in [1.29, 1.82) is 0 Å². The lowest BCUT2D eigenvalue weighted by atomic mass is 9.35. The minimum Gasteiger partial charge on any atom is -0.394 e. The molecule has 6 fully saturated rings. The molecule has 2 saturated heterocycles. The molecule has 19 atom stereocenters. The van der Waals surface area contributed by atoms with E-state index < -0.39 is 86.3 Å². The molecule has 6 aliphatic rings. The first-order chi connectivity index (χ1) is 26.1. The summed E-state index contributed by atoms with van der Waals surface area (Å²) in [6.07, 6.45) is -6.35. The molecule has 6 rings (SSSR count). The monoisotopic (exact) mass is 800 g/mol. The molecule has 0 radical (unpaired) electrons. The molecule has 14 nitrogen and oxygen atoms in total. The van der Waals surface area contributed by atoms with Gasteiger partial charge in [-0.25, -0.2) is 0 Å². The average Bonchev–Trinajstić information content (AvgIpc) is 3.49. The van der Waals surface area contributed by atoms with Crippen LogP contribution in [0, 0.1) is 45.3 Å². The van der Waals surface area contributed by atoms with Crippen molar-refractivity contribution in [1.82, 2.24) is 0 Å². The van der Waals surface area contributed by atoms with Crippen LogP contribution in [-0.2, 0) is 18.9 Å². The highest BCUT2D eigenvalue weighted by atomic mass is 16.8. The van der Waals surface area contributed by atoms with Crippen LogP contribution in [0.4, 0.5) is 0 Å². The highest BCUT2D eigenvalue weighted by Gasteiger charge is 2.69. The van der Waals surface area contributed by atoms with Gasteiger partial charge in [-0.2, -0.15) is 0 Å². The van der Waals surface area contributed by atoms with Crippen molar-refractivity contribution in [3.8, 4) is 0 Å². The van der Waals surface area contributed by atoms with Gasteiger partial charge in [0.25, 0.3) is 0 Å². The third-order valence-electron chi connectivity index (χ3n) is 16.7. The van der Waals surface area contributed by atoms with Gasteiger partial charge in [-0.05, 0) is 123 Å². The van der Waals surface area contributed by atoms with Crippen LogP contribution in [0.3, 0.4) is 0 Å². The van der Waals surface area contributed by atoms with Gasteiger partial charge in [0.15, 0.2) is 12.6 Å². The highest BCUT2D eigenvalue weighted by molar-refractivity contribution is 5.22. The lowest BCUT2D eigenvalue weighted by Gasteiger charge is -2.70. The first-order valence-corrected chi connectivity index (χ1v) is 21.0. The van der Waals surface area contributed by atoms with Crippen molar-refractivity contribution >= 4 is 0 Å². The number of fused-ring (bicyclic) bond motifs is 5. The van der Waals surface area contributed by atoms with Crippen LogP contribution in [0.2, 0.25) is 0 Å². The van der Waals surface area contributed by atoms with Crippen LogP contribution >= 0.6 is 0 Å². The molecule has 4 saturated carbocycles. The maximum atomic E-state index is 11.3. The van der Waals surface area contributed by atoms with Crippen molar-refractivity contribution < 1.29 is 70.0 Å². The standard InChI is InChI=1S/C42H72O14/c1-38(2)26-13-17-42(7)27(10-9-23-22(12-16-41(23,42)6)21(18-43)8-11-28(46)39(3,4)52)40(26,5)15-14-29(38)55-37-35(33(50)31(48)25(20-45)54-37)56-36-34(51)32(49)30(47)24(19-44)53-36/h8,22-37,43-52H,9-20H2,1-7H3/t22-,23-,24-,25-,26+,27-,28+,29+,30-,31-,32+,33+,34-,35-,36?,37+,40+,41-,42-/m1/s1. The molecule has 14 heteroatoms. The van der Waals surface area contributed by atoms with E-state index in [2.05, 4.69) is 34.6 Å². The van der Waals surface area contributed by atoms with Crippen molar-refractivity contribution in [2.24, 2.45) is 45.3 Å². The van der Waals surface area contributed by atoms with Gasteiger partial charge < -0.3 is 70.0 Å². The summed E-state index contributed by atoms with van der Waals surface area (Å²) in [7, 11) is 0. The van der Waals surface area contributed by atoms with Crippen molar-refractivity contribution in [3.63, 3.8) is 0 Å². The minimum atomic E-state index is -1.75. The van der Waals surface area contributed by atoms with Gasteiger partial charge in [0.2, 0.25) is 0 Å². The van der Waals surface area contributed by atoms with Crippen LogP contribution in [-0.4, -0.2) is 150 Å². The Balaban J connectivity index is 1.21. The molecule has 0 aromatic heterocycles. The predicted octanol–water partition coefficient (Wildman–Crippen LogP) is 1.12. The summed E-state index contributed by atoms with van der Waals surface area (Å²) >= 11 is 0. The van der Waals surface area contributed by atoms with E-state index in [1.807, 2.05) is 6.08 Å². The van der Waals surface area contributed by atoms with Crippen molar-refractivity contribution in [2.75, 3.05) is 19.8 Å². The zero-order chi connectivity index (χ0) is 41.3. The Morgan fingerprint density at radius 3 is 1.93 bits per heavy atom. The smallest absolute Gasteiger partial charge is 0.187 e. The lowest BCUT2D eigenvalue weighted by molar-refractivity contribution is -0.378. The fraction of sp³-hybridized carbons (Fsp3) is 0.952. The molecule has 0 aromatic carbocycles. The molecule has 1 unspecified atom stereocenters. The zero-order valence-corrected chi connectivity index (χ0v) is 34.4. The number of aliphatic hydroxyl groups is 10. The molecule has 10 N–H and O–H groups in total. The lowest BCUT2D eigenvalue weighted by Crippen LogP contribution is -2.66. The summed E-state index contributed by atoms with van der Waals surface area (Å²) < 4.78 is 24.4. The summed E-state index contributed by atoms with van der Waals surface area (Å²) in [6, 6.07) is 0. The Morgan fingerprint density at radius 1 is 0.714 bits per heavy atom. The van der Waals surface area contributed by atoms with Crippen LogP contribution in [0.15, 0.2) is 11.6 Å². The maximum Gasteiger partial charge on any atom is 0.187 e. The van der Waals surface area contributed by atoms with E-state index in [4.69, 9.17) is 18.9 Å². The van der Waals surface area contributed by atoms with Crippen LogP contribution < -0.4 is 0 Å². The minimum absolute atomic E-state index is 0.0160. The zero-order valence-electron chi connectivity index (χ0n) is 34.4. The number of rotatable bonds is 11. The SMILES string of the molecule is CC(C)(O)[C@@H](O)CC=C(CO)[C@H]1CC[C@]2(C)[C@@H]1CC[C@@H]1[C@@]3(C)CC[C@H](O[C@@H]4O[C@H](CO)[C@@H](O)[C@H](O)[C@H]4OC4O[C@H](CO)[C@@H](O)[C@H](O)[C@H]4O)C(C)(C)[C@@H]3CC[C@]12C. The third-order valence-corrected chi connectivity index (χ3v) is 16.7. The van der Waals surface area contributed by atoms with E-state index in [1.165, 1.54) is 0 Å². The van der Waals surface area contributed by atoms with Crippen LogP contribution in [0.5, 0.6) is 0 Å². The van der Waals surface area contributed by atoms with Crippen LogP contribution in [0.1, 0.15) is 106 Å². The van der Waals surface area contributed by atoms with Crippen LogP contribution in [0.25, 0.3) is 0 Å².